The molecule has 0 radical (unpaired) electrons. The van der Waals surface area contributed by atoms with E-state index in [0.29, 0.717) is 17.4 Å². The molecule has 5 heteroatoms. The van der Waals surface area contributed by atoms with E-state index in [9.17, 15) is 0 Å². The van der Waals surface area contributed by atoms with Gasteiger partial charge in [-0.25, -0.2) is 4.98 Å². The van der Waals surface area contributed by atoms with Crippen molar-refractivity contribution in [1.82, 2.24) is 15.3 Å². The van der Waals surface area contributed by atoms with Gasteiger partial charge in [0.2, 0.25) is 5.88 Å². The molecule has 0 amide bonds. The summed E-state index contributed by atoms with van der Waals surface area (Å²) in [6.45, 7) is 2.62. The summed E-state index contributed by atoms with van der Waals surface area (Å²) in [6.07, 6.45) is 3.30. The van der Waals surface area contributed by atoms with E-state index in [1.54, 1.807) is 18.5 Å². The summed E-state index contributed by atoms with van der Waals surface area (Å²) in [5.41, 5.74) is 1.83. The van der Waals surface area contributed by atoms with Gasteiger partial charge in [0.05, 0.1) is 18.1 Å². The Labute approximate surface area is 111 Å². The zero-order chi connectivity index (χ0) is 13.0. The summed E-state index contributed by atoms with van der Waals surface area (Å²) in [6, 6.07) is 5.45. The van der Waals surface area contributed by atoms with Crippen molar-refractivity contribution >= 4 is 11.6 Å². The SMILES string of the molecule is CNCc1cnc(Oc2ccc(Cl)cc2C)cn1. The van der Waals surface area contributed by atoms with Gasteiger partial charge >= 0.3 is 0 Å². The van der Waals surface area contributed by atoms with Crippen molar-refractivity contribution in [3.63, 3.8) is 0 Å². The van der Waals surface area contributed by atoms with Crippen LogP contribution in [0.5, 0.6) is 11.6 Å². The van der Waals surface area contributed by atoms with Gasteiger partial charge < -0.3 is 10.1 Å². The molecule has 0 aliphatic rings. The minimum atomic E-state index is 0.472. The lowest BCUT2D eigenvalue weighted by atomic mass is 10.2. The molecule has 1 N–H and O–H groups in total. The van der Waals surface area contributed by atoms with Crippen LogP contribution in [-0.4, -0.2) is 17.0 Å². The lowest BCUT2D eigenvalue weighted by molar-refractivity contribution is 0.455. The number of halogens is 1. The number of nitrogens with zero attached hydrogens (tertiary/aromatic N) is 2. The fraction of sp³-hybridized carbons (Fsp3) is 0.231. The fourth-order valence-corrected chi connectivity index (χ4v) is 1.73. The molecule has 0 aliphatic carbocycles. The van der Waals surface area contributed by atoms with Crippen molar-refractivity contribution in [3.8, 4) is 11.6 Å². The van der Waals surface area contributed by atoms with Crippen molar-refractivity contribution in [3.05, 3.63) is 46.9 Å². The summed E-state index contributed by atoms with van der Waals surface area (Å²) < 4.78 is 5.64. The lowest BCUT2D eigenvalue weighted by Gasteiger charge is -2.08. The van der Waals surface area contributed by atoms with Gasteiger partial charge in [0.1, 0.15) is 5.75 Å². The molecule has 2 rings (SSSR count). The smallest absolute Gasteiger partial charge is 0.237 e. The van der Waals surface area contributed by atoms with Gasteiger partial charge in [0.25, 0.3) is 0 Å². The molecule has 1 aromatic heterocycles. The second-order valence-corrected chi connectivity index (χ2v) is 4.32. The van der Waals surface area contributed by atoms with Crippen molar-refractivity contribution in [2.24, 2.45) is 0 Å². The molecule has 2 aromatic rings. The van der Waals surface area contributed by atoms with Crippen LogP contribution in [0.3, 0.4) is 0 Å². The number of benzene rings is 1. The average molecular weight is 264 g/mol. The van der Waals surface area contributed by atoms with Crippen LogP contribution in [0.1, 0.15) is 11.3 Å². The highest BCUT2D eigenvalue weighted by molar-refractivity contribution is 6.30. The van der Waals surface area contributed by atoms with Gasteiger partial charge in [0, 0.05) is 11.6 Å². The maximum Gasteiger partial charge on any atom is 0.237 e. The standard InChI is InChI=1S/C13H14ClN3O/c1-9-5-10(14)3-4-12(9)18-13-8-16-11(6-15-2)7-17-13/h3-5,7-8,15H,6H2,1-2H3. The zero-order valence-corrected chi connectivity index (χ0v) is 11.0. The summed E-state index contributed by atoms with van der Waals surface area (Å²) in [7, 11) is 1.86. The Morgan fingerprint density at radius 3 is 2.72 bits per heavy atom. The number of rotatable bonds is 4. The molecule has 1 heterocycles. The van der Waals surface area contributed by atoms with Crippen LogP contribution in [0.25, 0.3) is 0 Å². The normalized spacial score (nSPS) is 10.4. The Morgan fingerprint density at radius 1 is 1.28 bits per heavy atom. The van der Waals surface area contributed by atoms with Crippen LogP contribution in [-0.2, 0) is 6.54 Å². The third kappa shape index (κ3) is 3.18. The van der Waals surface area contributed by atoms with E-state index in [0.717, 1.165) is 17.0 Å². The number of nitrogens with one attached hydrogen (secondary N) is 1. The van der Waals surface area contributed by atoms with Gasteiger partial charge in [0.15, 0.2) is 0 Å². The Morgan fingerprint density at radius 2 is 2.11 bits per heavy atom. The van der Waals surface area contributed by atoms with Crippen molar-refractivity contribution in [2.45, 2.75) is 13.5 Å². The van der Waals surface area contributed by atoms with Gasteiger partial charge in [-0.15, -0.1) is 0 Å². The largest absolute Gasteiger partial charge is 0.437 e. The van der Waals surface area contributed by atoms with E-state index in [1.165, 1.54) is 0 Å². The van der Waals surface area contributed by atoms with Crippen LogP contribution in [0.15, 0.2) is 30.6 Å². The van der Waals surface area contributed by atoms with Crippen molar-refractivity contribution < 1.29 is 4.74 Å². The molecule has 0 fully saturated rings. The average Bonchev–Trinajstić information content (AvgIpc) is 2.35. The quantitative estimate of drug-likeness (QED) is 0.921. The first-order chi connectivity index (χ1) is 8.69. The molecule has 94 valence electrons. The molecular formula is C13H14ClN3O. The summed E-state index contributed by atoms with van der Waals surface area (Å²) in [5.74, 6) is 1.20. The zero-order valence-electron chi connectivity index (χ0n) is 10.3. The molecule has 0 spiro atoms. The second-order valence-electron chi connectivity index (χ2n) is 3.89. The first-order valence-electron chi connectivity index (χ1n) is 5.58. The molecule has 0 aliphatic heterocycles. The number of aryl methyl sites for hydroxylation is 1. The maximum atomic E-state index is 5.88. The Bertz CT molecular complexity index is 528. The first-order valence-corrected chi connectivity index (χ1v) is 5.96. The molecule has 0 atom stereocenters. The predicted octanol–water partition coefficient (Wildman–Crippen LogP) is 2.95. The van der Waals surface area contributed by atoms with Crippen LogP contribution in [0.2, 0.25) is 5.02 Å². The van der Waals surface area contributed by atoms with Crippen LogP contribution < -0.4 is 10.1 Å². The monoisotopic (exact) mass is 263 g/mol. The van der Waals surface area contributed by atoms with Gasteiger partial charge in [-0.1, -0.05) is 11.6 Å². The molecule has 18 heavy (non-hydrogen) atoms. The minimum Gasteiger partial charge on any atom is -0.437 e. The molecule has 4 nitrogen and oxygen atoms in total. The Balaban J connectivity index is 2.13. The molecule has 0 saturated heterocycles. The Kier molecular flexibility index (Phi) is 4.12. The molecular weight excluding hydrogens is 250 g/mol. The summed E-state index contributed by atoms with van der Waals surface area (Å²) >= 11 is 5.88. The second kappa shape index (κ2) is 5.80. The Hall–Kier alpha value is -1.65. The topological polar surface area (TPSA) is 47.0 Å². The third-order valence-electron chi connectivity index (χ3n) is 2.39. The molecule has 1 aromatic carbocycles. The van der Waals surface area contributed by atoms with E-state index in [2.05, 4.69) is 15.3 Å². The van der Waals surface area contributed by atoms with E-state index >= 15 is 0 Å². The van der Waals surface area contributed by atoms with E-state index < -0.39 is 0 Å². The highest BCUT2D eigenvalue weighted by Crippen LogP contribution is 2.25. The minimum absolute atomic E-state index is 0.472. The highest BCUT2D eigenvalue weighted by atomic mass is 35.5. The maximum absolute atomic E-state index is 5.88. The van der Waals surface area contributed by atoms with Gasteiger partial charge in [-0.05, 0) is 37.7 Å². The molecule has 0 unspecified atom stereocenters. The van der Waals surface area contributed by atoms with Gasteiger partial charge in [-0.2, -0.15) is 0 Å². The van der Waals surface area contributed by atoms with E-state index in [4.69, 9.17) is 16.3 Å². The summed E-state index contributed by atoms with van der Waals surface area (Å²) in [4.78, 5) is 8.43. The van der Waals surface area contributed by atoms with Crippen LogP contribution in [0.4, 0.5) is 0 Å². The number of ether oxygens (including phenoxy) is 1. The van der Waals surface area contributed by atoms with Crippen LogP contribution >= 0.6 is 11.6 Å². The van der Waals surface area contributed by atoms with Crippen molar-refractivity contribution in [1.29, 1.82) is 0 Å². The number of hydrogen-bond acceptors (Lipinski definition) is 4. The van der Waals surface area contributed by atoms with Crippen molar-refractivity contribution in [2.75, 3.05) is 7.05 Å². The first kappa shape index (κ1) is 12.8. The lowest BCUT2D eigenvalue weighted by Crippen LogP contribution is -2.07. The molecule has 0 saturated carbocycles. The third-order valence-corrected chi connectivity index (χ3v) is 2.63. The number of aromatic nitrogens is 2. The van der Waals surface area contributed by atoms with Crippen LogP contribution in [0, 0.1) is 6.92 Å². The highest BCUT2D eigenvalue weighted by Gasteiger charge is 2.04. The fourth-order valence-electron chi connectivity index (χ4n) is 1.51. The van der Waals surface area contributed by atoms with Gasteiger partial charge in [-0.3, -0.25) is 4.98 Å². The molecule has 0 bridgehead atoms. The van der Waals surface area contributed by atoms with E-state index in [1.807, 2.05) is 26.1 Å². The number of hydrogen-bond donors (Lipinski definition) is 1. The summed E-state index contributed by atoms with van der Waals surface area (Å²) in [5, 5.41) is 3.70. The predicted molar refractivity (Wildman–Crippen MR) is 71.1 cm³/mol. The van der Waals surface area contributed by atoms with E-state index in [-0.39, 0.29) is 0 Å².